The Kier molecular flexibility index (Phi) is 4.05. The van der Waals surface area contributed by atoms with Crippen molar-refractivity contribution in [2.75, 3.05) is 0 Å². The van der Waals surface area contributed by atoms with Gasteiger partial charge in [-0.3, -0.25) is 0 Å². The number of oxime groups is 1. The molecule has 0 amide bonds. The van der Waals surface area contributed by atoms with Gasteiger partial charge in [0.1, 0.15) is 12.1 Å². The monoisotopic (exact) mass is 267 g/mol. The summed E-state index contributed by atoms with van der Waals surface area (Å²) in [5.41, 5.74) is 1.48. The summed E-state index contributed by atoms with van der Waals surface area (Å²) in [7, 11) is 0. The zero-order valence-electron chi connectivity index (χ0n) is 10.6. The van der Waals surface area contributed by atoms with Crippen molar-refractivity contribution in [3.8, 4) is 23.6 Å². The van der Waals surface area contributed by atoms with E-state index in [9.17, 15) is 0 Å². The van der Waals surface area contributed by atoms with Crippen molar-refractivity contribution < 1.29 is 9.25 Å². The molecule has 0 aliphatic carbocycles. The second-order valence-corrected chi connectivity index (χ2v) is 3.75. The smallest absolute Gasteiger partial charge is 0.257 e. The molecule has 0 fully saturated rings. The average Bonchev–Trinajstić information content (AvgIpc) is 2.93. The van der Waals surface area contributed by atoms with Crippen LogP contribution in [-0.4, -0.2) is 15.9 Å². The Morgan fingerprint density at radius 2 is 2.05 bits per heavy atom. The fourth-order valence-corrected chi connectivity index (χ4v) is 1.45. The van der Waals surface area contributed by atoms with E-state index in [-0.39, 0.29) is 18.2 Å². The van der Waals surface area contributed by atoms with Gasteiger partial charge >= 0.3 is 0 Å². The molecule has 0 saturated heterocycles. The molecule has 1 aromatic heterocycles. The molecule has 0 bridgehead atoms. The molecule has 2 aromatic rings. The highest BCUT2D eigenvalue weighted by molar-refractivity contribution is 6.09. The predicted octanol–water partition coefficient (Wildman–Crippen LogP) is 1.96. The third kappa shape index (κ3) is 2.98. The predicted molar refractivity (Wildman–Crippen MR) is 67.9 cm³/mol. The first-order valence-electron chi connectivity index (χ1n) is 5.63. The lowest BCUT2D eigenvalue weighted by Gasteiger charge is -1.98. The van der Waals surface area contributed by atoms with Gasteiger partial charge in [-0.2, -0.15) is 10.5 Å². The van der Waals surface area contributed by atoms with Gasteiger partial charge in [-0.05, 0) is 18.6 Å². The lowest BCUT2D eigenvalue weighted by Crippen LogP contribution is -1.93. The van der Waals surface area contributed by atoms with Crippen LogP contribution in [0.4, 0.5) is 0 Å². The van der Waals surface area contributed by atoms with E-state index in [0.29, 0.717) is 5.89 Å². The molecular formula is C13H9N5O2. The van der Waals surface area contributed by atoms with Crippen LogP contribution in [0.1, 0.15) is 11.5 Å². The molecule has 7 nitrogen and oxygen atoms in total. The third-order valence-electron chi connectivity index (χ3n) is 2.40. The van der Waals surface area contributed by atoms with E-state index in [2.05, 4.69) is 15.4 Å². The molecule has 2 rings (SSSR count). The Morgan fingerprint density at radius 3 is 2.75 bits per heavy atom. The van der Waals surface area contributed by atoms with Gasteiger partial charge in [0.15, 0.2) is 6.61 Å². The molecule has 98 valence electrons. The first-order valence-corrected chi connectivity index (χ1v) is 5.63. The van der Waals surface area contributed by atoms with Crippen molar-refractivity contribution in [2.24, 2.45) is 5.16 Å². The first kappa shape index (κ1) is 13.2. The Morgan fingerprint density at radius 1 is 1.30 bits per heavy atom. The van der Waals surface area contributed by atoms with E-state index in [1.54, 1.807) is 12.1 Å². The molecule has 1 aromatic carbocycles. The number of aryl methyl sites for hydroxylation is 1. The van der Waals surface area contributed by atoms with Gasteiger partial charge in [-0.15, -0.1) is 10.2 Å². The molecule has 1 heterocycles. The highest BCUT2D eigenvalue weighted by Crippen LogP contribution is 2.21. The lowest BCUT2D eigenvalue weighted by molar-refractivity contribution is 0.112. The van der Waals surface area contributed by atoms with E-state index >= 15 is 0 Å². The second kappa shape index (κ2) is 6.12. The maximum absolute atomic E-state index is 8.47. The van der Waals surface area contributed by atoms with E-state index in [0.717, 1.165) is 11.1 Å². The Balaban J connectivity index is 2.08. The SMILES string of the molecule is Cc1ccccc1-c1nnc(CON=C(C#N)C#N)o1. The highest BCUT2D eigenvalue weighted by atomic mass is 16.6. The first-order chi connectivity index (χ1) is 9.74. The number of benzene rings is 1. The molecule has 0 spiro atoms. The van der Waals surface area contributed by atoms with Crippen LogP contribution in [0, 0.1) is 29.6 Å². The molecule has 0 N–H and O–H groups in total. The minimum absolute atomic E-state index is 0.105. The Hall–Kier alpha value is -3.19. The molecule has 0 aliphatic heterocycles. The van der Waals surface area contributed by atoms with Crippen LogP contribution in [-0.2, 0) is 11.4 Å². The number of rotatable bonds is 4. The van der Waals surface area contributed by atoms with Gasteiger partial charge in [0.25, 0.3) is 11.6 Å². The summed E-state index contributed by atoms with van der Waals surface area (Å²) < 4.78 is 5.42. The van der Waals surface area contributed by atoms with E-state index in [4.69, 9.17) is 19.8 Å². The standard InChI is InChI=1S/C13H9N5O2/c1-9-4-2-3-5-11(9)13-17-16-12(20-13)8-19-18-10(6-14)7-15/h2-5H,8H2,1H3. The fraction of sp³-hybridized carbons (Fsp3) is 0.154. The molecule has 7 heteroatoms. The van der Waals surface area contributed by atoms with Crippen LogP contribution < -0.4 is 0 Å². The molecular weight excluding hydrogens is 258 g/mol. The van der Waals surface area contributed by atoms with Crippen molar-refractivity contribution in [3.05, 3.63) is 35.7 Å². The number of hydrogen-bond acceptors (Lipinski definition) is 7. The van der Waals surface area contributed by atoms with Gasteiger partial charge in [-0.1, -0.05) is 23.4 Å². The van der Waals surface area contributed by atoms with Crippen LogP contribution in [0.15, 0.2) is 33.8 Å². The summed E-state index contributed by atoms with van der Waals surface area (Å²) in [5, 5.41) is 28.0. The van der Waals surface area contributed by atoms with E-state index in [1.807, 2.05) is 31.2 Å². The summed E-state index contributed by atoms with van der Waals surface area (Å²) in [6.45, 7) is 1.83. The molecule has 0 saturated carbocycles. The van der Waals surface area contributed by atoms with Crippen molar-refractivity contribution in [1.82, 2.24) is 10.2 Å². The minimum Gasteiger partial charge on any atom is -0.417 e. The van der Waals surface area contributed by atoms with Gasteiger partial charge in [0.05, 0.1) is 0 Å². The van der Waals surface area contributed by atoms with Crippen LogP contribution in [0.25, 0.3) is 11.5 Å². The van der Waals surface area contributed by atoms with Crippen LogP contribution in [0.2, 0.25) is 0 Å². The number of aromatic nitrogens is 2. The van der Waals surface area contributed by atoms with Crippen LogP contribution in [0.3, 0.4) is 0 Å². The van der Waals surface area contributed by atoms with Crippen LogP contribution >= 0.6 is 0 Å². The minimum atomic E-state index is -0.372. The van der Waals surface area contributed by atoms with E-state index in [1.165, 1.54) is 0 Å². The number of nitriles is 2. The highest BCUT2D eigenvalue weighted by Gasteiger charge is 2.10. The number of hydrogen-bond donors (Lipinski definition) is 0. The van der Waals surface area contributed by atoms with Crippen LogP contribution in [0.5, 0.6) is 0 Å². The molecule has 20 heavy (non-hydrogen) atoms. The summed E-state index contributed by atoms with van der Waals surface area (Å²) >= 11 is 0. The Bertz CT molecular complexity index is 705. The molecule has 0 unspecified atom stereocenters. The van der Waals surface area contributed by atoms with Crippen molar-refractivity contribution in [1.29, 1.82) is 10.5 Å². The Labute approximate surface area is 114 Å². The van der Waals surface area contributed by atoms with Gasteiger partial charge < -0.3 is 9.25 Å². The quantitative estimate of drug-likeness (QED) is 0.618. The van der Waals surface area contributed by atoms with Crippen molar-refractivity contribution in [3.63, 3.8) is 0 Å². The lowest BCUT2D eigenvalue weighted by atomic mass is 10.1. The molecule has 0 atom stereocenters. The third-order valence-corrected chi connectivity index (χ3v) is 2.40. The zero-order chi connectivity index (χ0) is 14.4. The van der Waals surface area contributed by atoms with E-state index < -0.39 is 0 Å². The topological polar surface area (TPSA) is 108 Å². The normalized spacial score (nSPS) is 9.35. The largest absolute Gasteiger partial charge is 0.417 e. The van der Waals surface area contributed by atoms with Gasteiger partial charge in [0.2, 0.25) is 5.89 Å². The maximum Gasteiger partial charge on any atom is 0.257 e. The molecule has 0 radical (unpaired) electrons. The summed E-state index contributed by atoms with van der Waals surface area (Å²) in [6.07, 6.45) is 0. The van der Waals surface area contributed by atoms with Gasteiger partial charge in [0, 0.05) is 5.56 Å². The zero-order valence-corrected chi connectivity index (χ0v) is 10.6. The summed E-state index contributed by atoms with van der Waals surface area (Å²) in [5.74, 6) is 0.591. The fourth-order valence-electron chi connectivity index (χ4n) is 1.45. The second-order valence-electron chi connectivity index (χ2n) is 3.75. The average molecular weight is 267 g/mol. The van der Waals surface area contributed by atoms with Crippen molar-refractivity contribution >= 4 is 5.71 Å². The van der Waals surface area contributed by atoms with Crippen molar-refractivity contribution in [2.45, 2.75) is 13.5 Å². The number of nitrogens with zero attached hydrogens (tertiary/aromatic N) is 5. The summed E-state index contributed by atoms with van der Waals surface area (Å²) in [4.78, 5) is 4.79. The van der Waals surface area contributed by atoms with Gasteiger partial charge in [-0.25, -0.2) is 0 Å². The summed E-state index contributed by atoms with van der Waals surface area (Å²) in [6, 6.07) is 10.7. The maximum atomic E-state index is 8.47. The molecule has 0 aliphatic rings.